The predicted molar refractivity (Wildman–Crippen MR) is 69.0 cm³/mol. The van der Waals surface area contributed by atoms with Gasteiger partial charge in [0.2, 0.25) is 5.95 Å². The Hall–Kier alpha value is -1.27. The topological polar surface area (TPSA) is 64.3 Å². The van der Waals surface area contributed by atoms with E-state index in [1.54, 1.807) is 0 Å². The molecule has 1 aromatic rings. The third kappa shape index (κ3) is 3.10. The maximum Gasteiger partial charge on any atom is 0.226 e. The predicted octanol–water partition coefficient (Wildman–Crippen LogP) is 1.14. The van der Waals surface area contributed by atoms with E-state index in [0.29, 0.717) is 5.03 Å². The van der Waals surface area contributed by atoms with Crippen LogP contribution < -0.4 is 10.6 Å². The second-order valence-electron chi connectivity index (χ2n) is 3.83. The summed E-state index contributed by atoms with van der Waals surface area (Å²) in [6, 6.07) is 0. The SMILES string of the molecule is C=C(N)Sc1nc(N2CCOCC2)ncc1C. The fraction of sp³-hybridized carbons (Fsp3) is 0.455. The molecule has 6 heteroatoms. The van der Waals surface area contributed by atoms with Crippen LogP contribution >= 0.6 is 11.8 Å². The molecule has 1 fully saturated rings. The van der Waals surface area contributed by atoms with Crippen molar-refractivity contribution in [1.29, 1.82) is 0 Å². The number of aromatic nitrogens is 2. The van der Waals surface area contributed by atoms with Gasteiger partial charge in [-0.25, -0.2) is 9.97 Å². The Morgan fingerprint density at radius 3 is 2.88 bits per heavy atom. The molecule has 2 N–H and O–H groups in total. The van der Waals surface area contributed by atoms with Gasteiger partial charge in [-0.2, -0.15) is 0 Å². The van der Waals surface area contributed by atoms with Gasteiger partial charge in [-0.15, -0.1) is 0 Å². The van der Waals surface area contributed by atoms with E-state index in [4.69, 9.17) is 10.5 Å². The van der Waals surface area contributed by atoms with Crippen LogP contribution in [-0.4, -0.2) is 36.3 Å². The Bertz CT molecular complexity index is 418. The van der Waals surface area contributed by atoms with Crippen LogP contribution in [-0.2, 0) is 4.74 Å². The normalized spacial score (nSPS) is 15.9. The highest BCUT2D eigenvalue weighted by Crippen LogP contribution is 2.25. The molecule has 0 radical (unpaired) electrons. The van der Waals surface area contributed by atoms with Crippen molar-refractivity contribution in [1.82, 2.24) is 9.97 Å². The van der Waals surface area contributed by atoms with Crippen LogP contribution in [0, 0.1) is 6.92 Å². The number of ether oxygens (including phenoxy) is 1. The smallest absolute Gasteiger partial charge is 0.226 e. The van der Waals surface area contributed by atoms with Crippen LogP contribution in [0.3, 0.4) is 0 Å². The van der Waals surface area contributed by atoms with Crippen LogP contribution in [0.1, 0.15) is 5.56 Å². The minimum Gasteiger partial charge on any atom is -0.394 e. The van der Waals surface area contributed by atoms with E-state index < -0.39 is 0 Å². The Balaban J connectivity index is 2.20. The molecule has 0 saturated carbocycles. The first-order valence-corrected chi connectivity index (χ1v) is 6.27. The second kappa shape index (κ2) is 5.37. The van der Waals surface area contributed by atoms with Crippen LogP contribution in [0.5, 0.6) is 0 Å². The summed E-state index contributed by atoms with van der Waals surface area (Å²) in [6.45, 7) is 8.76. The molecule has 2 heterocycles. The van der Waals surface area contributed by atoms with Gasteiger partial charge in [0.05, 0.1) is 18.2 Å². The third-order valence-corrected chi connectivity index (χ3v) is 3.30. The Labute approximate surface area is 105 Å². The second-order valence-corrected chi connectivity index (χ2v) is 4.94. The van der Waals surface area contributed by atoms with Crippen LogP contribution in [0.25, 0.3) is 0 Å². The zero-order chi connectivity index (χ0) is 12.3. The fourth-order valence-electron chi connectivity index (χ4n) is 1.56. The summed E-state index contributed by atoms with van der Waals surface area (Å²) in [5.74, 6) is 0.739. The number of nitrogens with zero attached hydrogens (tertiary/aromatic N) is 3. The highest BCUT2D eigenvalue weighted by molar-refractivity contribution is 8.03. The Morgan fingerprint density at radius 1 is 1.53 bits per heavy atom. The molecule has 0 spiro atoms. The van der Waals surface area contributed by atoms with Crippen molar-refractivity contribution in [2.75, 3.05) is 31.2 Å². The van der Waals surface area contributed by atoms with E-state index in [2.05, 4.69) is 21.4 Å². The molecule has 1 aromatic heterocycles. The minimum absolute atomic E-state index is 0.541. The van der Waals surface area contributed by atoms with Crippen molar-refractivity contribution in [3.05, 3.63) is 23.4 Å². The number of hydrogen-bond acceptors (Lipinski definition) is 6. The van der Waals surface area contributed by atoms with Crippen molar-refractivity contribution in [2.45, 2.75) is 11.9 Å². The molecule has 0 atom stereocenters. The van der Waals surface area contributed by atoms with Crippen molar-refractivity contribution in [3.8, 4) is 0 Å². The van der Waals surface area contributed by atoms with Gasteiger partial charge >= 0.3 is 0 Å². The van der Waals surface area contributed by atoms with Gasteiger partial charge in [0.25, 0.3) is 0 Å². The molecule has 1 aliphatic heterocycles. The first kappa shape index (κ1) is 12.2. The van der Waals surface area contributed by atoms with E-state index in [1.165, 1.54) is 11.8 Å². The van der Waals surface area contributed by atoms with Gasteiger partial charge in [0.1, 0.15) is 5.03 Å². The molecule has 0 amide bonds. The molecular formula is C11H16N4OS. The molecule has 2 rings (SSSR count). The molecule has 0 aromatic carbocycles. The van der Waals surface area contributed by atoms with Gasteiger partial charge in [-0.05, 0) is 6.92 Å². The molecule has 1 saturated heterocycles. The molecule has 5 nitrogen and oxygen atoms in total. The number of anilines is 1. The zero-order valence-corrected chi connectivity index (χ0v) is 10.7. The first-order chi connectivity index (χ1) is 8.16. The van der Waals surface area contributed by atoms with Crippen molar-refractivity contribution >= 4 is 17.7 Å². The number of rotatable bonds is 3. The van der Waals surface area contributed by atoms with Gasteiger partial charge in [0, 0.05) is 24.8 Å². The maximum absolute atomic E-state index is 5.60. The van der Waals surface area contributed by atoms with Crippen LogP contribution in [0.15, 0.2) is 22.8 Å². The summed E-state index contributed by atoms with van der Waals surface area (Å²) >= 11 is 1.38. The number of hydrogen-bond donors (Lipinski definition) is 1. The third-order valence-electron chi connectivity index (χ3n) is 2.43. The summed E-state index contributed by atoms with van der Waals surface area (Å²) in [6.07, 6.45) is 1.82. The summed E-state index contributed by atoms with van der Waals surface area (Å²) in [5.41, 5.74) is 6.61. The molecule has 1 aliphatic rings. The average molecular weight is 252 g/mol. The minimum atomic E-state index is 0.541. The van der Waals surface area contributed by atoms with Crippen molar-refractivity contribution in [3.63, 3.8) is 0 Å². The number of nitrogens with two attached hydrogens (primary N) is 1. The van der Waals surface area contributed by atoms with E-state index in [-0.39, 0.29) is 0 Å². The fourth-order valence-corrected chi connectivity index (χ4v) is 2.15. The summed E-state index contributed by atoms with van der Waals surface area (Å²) < 4.78 is 5.30. The number of thioether (sulfide) groups is 1. The lowest BCUT2D eigenvalue weighted by Crippen LogP contribution is -2.37. The Kier molecular flexibility index (Phi) is 3.86. The largest absolute Gasteiger partial charge is 0.394 e. The summed E-state index contributed by atoms with van der Waals surface area (Å²) in [4.78, 5) is 11.0. The maximum atomic E-state index is 5.60. The average Bonchev–Trinajstić information content (AvgIpc) is 2.32. The molecule has 0 aliphatic carbocycles. The van der Waals surface area contributed by atoms with Crippen LogP contribution in [0.4, 0.5) is 5.95 Å². The van der Waals surface area contributed by atoms with Gasteiger partial charge < -0.3 is 15.4 Å². The van der Waals surface area contributed by atoms with Gasteiger partial charge in [-0.3, -0.25) is 0 Å². The van der Waals surface area contributed by atoms with E-state index in [9.17, 15) is 0 Å². The first-order valence-electron chi connectivity index (χ1n) is 5.45. The van der Waals surface area contributed by atoms with Gasteiger partial charge in [0.15, 0.2) is 0 Å². The van der Waals surface area contributed by atoms with E-state index >= 15 is 0 Å². The van der Waals surface area contributed by atoms with Crippen LogP contribution in [0.2, 0.25) is 0 Å². The monoisotopic (exact) mass is 252 g/mol. The molecule has 17 heavy (non-hydrogen) atoms. The van der Waals surface area contributed by atoms with Crippen molar-refractivity contribution in [2.24, 2.45) is 5.73 Å². The molecule has 0 bridgehead atoms. The number of morpholine rings is 1. The zero-order valence-electron chi connectivity index (χ0n) is 9.85. The summed E-state index contributed by atoms with van der Waals surface area (Å²) in [7, 11) is 0. The summed E-state index contributed by atoms with van der Waals surface area (Å²) in [5, 5.41) is 1.41. The Morgan fingerprint density at radius 2 is 2.24 bits per heavy atom. The molecular weight excluding hydrogens is 236 g/mol. The highest BCUT2D eigenvalue weighted by atomic mass is 32.2. The molecule has 92 valence electrons. The number of aryl methyl sites for hydroxylation is 1. The van der Waals surface area contributed by atoms with Gasteiger partial charge in [-0.1, -0.05) is 18.3 Å². The lowest BCUT2D eigenvalue weighted by molar-refractivity contribution is 0.122. The lowest BCUT2D eigenvalue weighted by Gasteiger charge is -2.27. The van der Waals surface area contributed by atoms with Crippen molar-refractivity contribution < 1.29 is 4.74 Å². The standard InChI is InChI=1S/C11H16N4OS/c1-8-7-13-11(14-10(8)17-9(2)12)15-3-5-16-6-4-15/h7H,2-6,12H2,1H3. The quantitative estimate of drug-likeness (QED) is 0.643. The molecule has 0 unspecified atom stereocenters. The van der Waals surface area contributed by atoms with E-state index in [1.807, 2.05) is 13.1 Å². The van der Waals surface area contributed by atoms with E-state index in [0.717, 1.165) is 42.8 Å². The lowest BCUT2D eigenvalue weighted by atomic mass is 10.4. The highest BCUT2D eigenvalue weighted by Gasteiger charge is 2.15.